The van der Waals surface area contributed by atoms with Gasteiger partial charge in [0, 0.05) is 7.11 Å². The zero-order valence-electron chi connectivity index (χ0n) is 9.97. The van der Waals surface area contributed by atoms with Gasteiger partial charge in [0.15, 0.2) is 6.29 Å². The molecule has 15 heavy (non-hydrogen) atoms. The fraction of sp³-hybridized carbons (Fsp3) is 1.00. The first-order valence-electron chi connectivity index (χ1n) is 5.04. The van der Waals surface area contributed by atoms with Crippen LogP contribution in [0.3, 0.4) is 0 Å². The Kier molecular flexibility index (Phi) is 3.73. The van der Waals surface area contributed by atoms with Crippen molar-refractivity contribution in [2.45, 2.75) is 44.0 Å². The maximum absolute atomic E-state index is 9.99. The van der Waals surface area contributed by atoms with E-state index in [9.17, 15) is 10.2 Å². The summed E-state index contributed by atoms with van der Waals surface area (Å²) in [6.07, 6.45) is -2.67. The van der Waals surface area contributed by atoms with Crippen molar-refractivity contribution in [2.75, 3.05) is 21.2 Å². The minimum absolute atomic E-state index is 0.265. The molecule has 0 bridgehead atoms. The number of ether oxygens (including phenoxy) is 2. The lowest BCUT2D eigenvalue weighted by Crippen LogP contribution is -2.66. The van der Waals surface area contributed by atoms with Crippen LogP contribution in [-0.4, -0.2) is 66.5 Å². The summed E-state index contributed by atoms with van der Waals surface area (Å²) in [5.41, 5.74) is -0.567. The van der Waals surface area contributed by atoms with Crippen molar-refractivity contribution in [1.29, 1.82) is 0 Å². The Balaban J connectivity index is 2.91. The molecule has 5 nitrogen and oxygen atoms in total. The number of likely N-dealkylation sites (N-methyl/N-ethyl adjacent to an activating group) is 1. The SMILES string of the molecule is CO[C@H]1OC(C)(C)[C@H](N(C)C)[C@H](O)[C@@H]1O. The predicted molar refractivity (Wildman–Crippen MR) is 55.4 cm³/mol. The molecule has 0 saturated carbocycles. The predicted octanol–water partition coefficient (Wildman–Crippen LogP) is -0.580. The lowest BCUT2D eigenvalue weighted by Gasteiger charge is -2.49. The number of rotatable bonds is 2. The van der Waals surface area contributed by atoms with Crippen LogP contribution in [0.25, 0.3) is 0 Å². The summed E-state index contributed by atoms with van der Waals surface area (Å²) in [5, 5.41) is 19.8. The van der Waals surface area contributed by atoms with E-state index < -0.39 is 24.1 Å². The highest BCUT2D eigenvalue weighted by Gasteiger charge is 2.50. The van der Waals surface area contributed by atoms with Gasteiger partial charge in [-0.05, 0) is 27.9 Å². The average Bonchev–Trinajstić information content (AvgIpc) is 2.10. The van der Waals surface area contributed by atoms with Gasteiger partial charge >= 0.3 is 0 Å². The molecule has 4 atom stereocenters. The van der Waals surface area contributed by atoms with Gasteiger partial charge in [-0.1, -0.05) is 0 Å². The van der Waals surface area contributed by atoms with E-state index in [1.54, 1.807) is 0 Å². The maximum Gasteiger partial charge on any atom is 0.186 e. The second-order valence-corrected chi connectivity index (χ2v) is 4.72. The molecule has 1 heterocycles. The van der Waals surface area contributed by atoms with Gasteiger partial charge in [0.25, 0.3) is 0 Å². The van der Waals surface area contributed by atoms with Gasteiger partial charge in [0.1, 0.15) is 12.2 Å². The highest BCUT2D eigenvalue weighted by Crippen LogP contribution is 2.31. The van der Waals surface area contributed by atoms with Crippen molar-refractivity contribution >= 4 is 0 Å². The second kappa shape index (κ2) is 4.35. The molecule has 0 amide bonds. The molecule has 1 fully saturated rings. The highest BCUT2D eigenvalue weighted by molar-refractivity contribution is 4.99. The van der Waals surface area contributed by atoms with Gasteiger partial charge in [0.05, 0.1) is 11.6 Å². The first-order chi connectivity index (χ1) is 6.81. The van der Waals surface area contributed by atoms with E-state index in [-0.39, 0.29) is 6.04 Å². The molecule has 1 rings (SSSR count). The van der Waals surface area contributed by atoms with Crippen LogP contribution in [0.5, 0.6) is 0 Å². The Labute approximate surface area is 90.6 Å². The third-order valence-corrected chi connectivity index (χ3v) is 2.87. The molecule has 0 aromatic heterocycles. The molecule has 0 spiro atoms. The van der Waals surface area contributed by atoms with Crippen molar-refractivity contribution in [1.82, 2.24) is 4.90 Å². The van der Waals surface area contributed by atoms with Gasteiger partial charge in [-0.15, -0.1) is 0 Å². The summed E-state index contributed by atoms with van der Waals surface area (Å²) in [5.74, 6) is 0. The number of aliphatic hydroxyl groups excluding tert-OH is 2. The summed E-state index contributed by atoms with van der Waals surface area (Å²) in [6, 6.07) is -0.265. The molecule has 0 unspecified atom stereocenters. The van der Waals surface area contributed by atoms with Crippen LogP contribution in [0.1, 0.15) is 13.8 Å². The van der Waals surface area contributed by atoms with Crippen LogP contribution in [0.15, 0.2) is 0 Å². The van der Waals surface area contributed by atoms with E-state index in [1.165, 1.54) is 7.11 Å². The molecule has 0 aromatic rings. The standard InChI is InChI=1S/C10H21NO4/c1-10(2)8(11(3)4)6(12)7(13)9(14-5)15-10/h6-9,12-13H,1-5H3/t6-,7+,8-,9+/m1/s1. The van der Waals surface area contributed by atoms with Gasteiger partial charge in [0.2, 0.25) is 0 Å². The van der Waals surface area contributed by atoms with E-state index in [1.807, 2.05) is 32.8 Å². The number of nitrogens with zero attached hydrogens (tertiary/aromatic N) is 1. The zero-order chi connectivity index (χ0) is 11.8. The molecule has 1 aliphatic heterocycles. The summed E-state index contributed by atoms with van der Waals surface area (Å²) in [4.78, 5) is 1.85. The van der Waals surface area contributed by atoms with Crippen molar-refractivity contribution < 1.29 is 19.7 Å². The molecular weight excluding hydrogens is 198 g/mol. The summed E-state index contributed by atoms with van der Waals surface area (Å²) >= 11 is 0. The van der Waals surface area contributed by atoms with Crippen molar-refractivity contribution in [3.05, 3.63) is 0 Å². The maximum atomic E-state index is 9.99. The Bertz CT molecular complexity index is 219. The lowest BCUT2D eigenvalue weighted by atomic mass is 9.86. The molecule has 1 aliphatic rings. The number of methoxy groups -OCH3 is 1. The van der Waals surface area contributed by atoms with E-state index in [2.05, 4.69) is 0 Å². The van der Waals surface area contributed by atoms with Gasteiger partial charge in [-0.3, -0.25) is 0 Å². The van der Waals surface area contributed by atoms with Gasteiger partial charge in [-0.25, -0.2) is 0 Å². The van der Waals surface area contributed by atoms with E-state index in [0.717, 1.165) is 0 Å². The van der Waals surface area contributed by atoms with Crippen LogP contribution in [0.2, 0.25) is 0 Å². The normalized spacial score (nSPS) is 40.8. The Hall–Kier alpha value is -0.200. The summed E-state index contributed by atoms with van der Waals surface area (Å²) < 4.78 is 10.6. The largest absolute Gasteiger partial charge is 0.388 e. The number of hydrogen-bond acceptors (Lipinski definition) is 5. The summed E-state index contributed by atoms with van der Waals surface area (Å²) in [6.45, 7) is 3.75. The Morgan fingerprint density at radius 2 is 1.73 bits per heavy atom. The molecule has 0 aliphatic carbocycles. The molecule has 0 radical (unpaired) electrons. The number of aliphatic hydroxyl groups is 2. The van der Waals surface area contributed by atoms with Crippen molar-refractivity contribution in [3.63, 3.8) is 0 Å². The highest BCUT2D eigenvalue weighted by atomic mass is 16.7. The van der Waals surface area contributed by atoms with Crippen LogP contribution in [-0.2, 0) is 9.47 Å². The third kappa shape index (κ3) is 2.32. The molecule has 5 heteroatoms. The Morgan fingerprint density at radius 3 is 2.13 bits per heavy atom. The summed E-state index contributed by atoms with van der Waals surface area (Å²) in [7, 11) is 5.14. The number of hydrogen-bond donors (Lipinski definition) is 2. The molecule has 0 aromatic carbocycles. The molecule has 1 saturated heterocycles. The van der Waals surface area contributed by atoms with Crippen LogP contribution < -0.4 is 0 Å². The van der Waals surface area contributed by atoms with E-state index >= 15 is 0 Å². The van der Waals surface area contributed by atoms with Crippen LogP contribution in [0.4, 0.5) is 0 Å². The van der Waals surface area contributed by atoms with Crippen LogP contribution >= 0.6 is 0 Å². The average molecular weight is 219 g/mol. The molecular formula is C10H21NO4. The van der Waals surface area contributed by atoms with Crippen molar-refractivity contribution in [2.24, 2.45) is 0 Å². The first-order valence-corrected chi connectivity index (χ1v) is 5.04. The fourth-order valence-corrected chi connectivity index (χ4v) is 2.31. The Morgan fingerprint density at radius 1 is 1.20 bits per heavy atom. The smallest absolute Gasteiger partial charge is 0.186 e. The van der Waals surface area contributed by atoms with Gasteiger partial charge < -0.3 is 24.6 Å². The van der Waals surface area contributed by atoms with Crippen LogP contribution in [0, 0.1) is 0 Å². The minimum Gasteiger partial charge on any atom is -0.388 e. The topological polar surface area (TPSA) is 62.2 Å². The third-order valence-electron chi connectivity index (χ3n) is 2.87. The van der Waals surface area contributed by atoms with Crippen molar-refractivity contribution in [3.8, 4) is 0 Å². The minimum atomic E-state index is -1.02. The van der Waals surface area contributed by atoms with E-state index in [4.69, 9.17) is 9.47 Å². The van der Waals surface area contributed by atoms with E-state index in [0.29, 0.717) is 0 Å². The zero-order valence-corrected chi connectivity index (χ0v) is 9.97. The first kappa shape index (κ1) is 12.9. The second-order valence-electron chi connectivity index (χ2n) is 4.72. The lowest BCUT2D eigenvalue weighted by molar-refractivity contribution is -0.303. The molecule has 90 valence electrons. The monoisotopic (exact) mass is 219 g/mol. The fourth-order valence-electron chi connectivity index (χ4n) is 2.31. The quantitative estimate of drug-likeness (QED) is 0.650. The molecule has 2 N–H and O–H groups in total. The van der Waals surface area contributed by atoms with Gasteiger partial charge in [-0.2, -0.15) is 0 Å².